The number of hydrogen-bond donors (Lipinski definition) is 3. The zero-order chi connectivity index (χ0) is 26.1. The smallest absolute Gasteiger partial charge is 0.407 e. The van der Waals surface area contributed by atoms with Crippen molar-refractivity contribution < 1.29 is 36.8 Å². The van der Waals surface area contributed by atoms with Crippen LogP contribution in [0.2, 0.25) is 0 Å². The van der Waals surface area contributed by atoms with Crippen molar-refractivity contribution in [3.8, 4) is 17.5 Å². The van der Waals surface area contributed by atoms with Gasteiger partial charge in [0, 0.05) is 31.8 Å². The van der Waals surface area contributed by atoms with Crippen LogP contribution in [-0.2, 0) is 14.8 Å². The van der Waals surface area contributed by atoms with E-state index >= 15 is 0 Å². The van der Waals surface area contributed by atoms with Gasteiger partial charge in [-0.3, -0.25) is 17.5 Å². The summed E-state index contributed by atoms with van der Waals surface area (Å²) in [5.41, 5.74) is 1.35. The Hall–Kier alpha value is -2.64. The van der Waals surface area contributed by atoms with Gasteiger partial charge in [0.1, 0.15) is 24.3 Å². The summed E-state index contributed by atoms with van der Waals surface area (Å²) in [4.78, 5) is 21.7. The van der Waals surface area contributed by atoms with E-state index in [0.29, 0.717) is 48.9 Å². The lowest BCUT2D eigenvalue weighted by molar-refractivity contribution is 0.0113. The molecule has 0 radical (unpaired) electrons. The second-order valence-corrected chi connectivity index (χ2v) is 11.5. The lowest BCUT2D eigenvalue weighted by Crippen LogP contribution is -2.53. The minimum absolute atomic E-state index is 0.120. The Bertz CT molecular complexity index is 1080. The molecule has 3 N–H and O–H groups in total. The van der Waals surface area contributed by atoms with Crippen LogP contribution in [0.5, 0.6) is 17.5 Å². The molecule has 1 amide bonds. The van der Waals surface area contributed by atoms with Crippen molar-refractivity contribution in [2.75, 3.05) is 13.2 Å². The maximum atomic E-state index is 11.7. The van der Waals surface area contributed by atoms with E-state index in [1.54, 1.807) is 12.1 Å². The molecule has 3 unspecified atom stereocenters. The van der Waals surface area contributed by atoms with Crippen LogP contribution < -0.4 is 9.47 Å². The number of aromatic nitrogens is 2. The highest BCUT2D eigenvalue weighted by Crippen LogP contribution is 2.48. The average molecular weight is 524 g/mol. The van der Waals surface area contributed by atoms with Crippen molar-refractivity contribution in [2.24, 2.45) is 5.41 Å². The molecule has 1 aromatic heterocycles. The fourth-order valence-electron chi connectivity index (χ4n) is 4.45. The van der Waals surface area contributed by atoms with Gasteiger partial charge in [-0.1, -0.05) is 32.9 Å². The number of hydrogen-bond acceptors (Lipinski definition) is 9. The predicted octanol–water partition coefficient (Wildman–Crippen LogP) is 5.05. The molecular weight excluding hydrogens is 490 g/mol. The minimum Gasteiger partial charge on any atom is -0.474 e. The first kappa shape index (κ1) is 26.4. The highest BCUT2D eigenvalue weighted by atomic mass is 32.3. The molecule has 2 aliphatic heterocycles. The number of likely N-dealkylation sites (tertiary alicyclic amines) is 1. The van der Waals surface area contributed by atoms with Gasteiger partial charge < -0.3 is 19.5 Å². The Labute approximate surface area is 212 Å². The van der Waals surface area contributed by atoms with Gasteiger partial charge in [-0.25, -0.2) is 14.8 Å². The minimum atomic E-state index is -3.38. The van der Waals surface area contributed by atoms with Gasteiger partial charge in [-0.2, -0.15) is 0 Å². The summed E-state index contributed by atoms with van der Waals surface area (Å²) in [5.74, 6) is 1.35. The molecule has 0 aliphatic carbocycles. The molecule has 12 heteroatoms. The van der Waals surface area contributed by atoms with Crippen LogP contribution in [0.1, 0.15) is 44.7 Å². The standard InChI is InChI=1S/C24H33N3O8S/c1-15-21(33-17-7-5-16(6-8-17)11-19-13-32-36(30,31)35-19)25-14-26-22(15)34-18-9-10-27(23(28)29)20(12-18)24(2,3)4/h5-8,14,18-20,30-31H,9-13H2,1-4H3,(H,28,29). The van der Waals surface area contributed by atoms with E-state index in [1.807, 2.05) is 39.8 Å². The van der Waals surface area contributed by atoms with Crippen molar-refractivity contribution in [3.63, 3.8) is 0 Å². The van der Waals surface area contributed by atoms with Crippen LogP contribution >= 0.6 is 11.2 Å². The number of ether oxygens (including phenoxy) is 2. The molecule has 3 atom stereocenters. The van der Waals surface area contributed by atoms with Gasteiger partial charge in [-0.05, 0) is 30.0 Å². The van der Waals surface area contributed by atoms with Gasteiger partial charge in [0.2, 0.25) is 22.9 Å². The van der Waals surface area contributed by atoms with Gasteiger partial charge in [0.25, 0.3) is 0 Å². The highest BCUT2D eigenvalue weighted by Gasteiger charge is 2.40. The van der Waals surface area contributed by atoms with Gasteiger partial charge in [-0.15, -0.1) is 0 Å². The van der Waals surface area contributed by atoms with Crippen molar-refractivity contribution in [1.29, 1.82) is 0 Å². The highest BCUT2D eigenvalue weighted by molar-refractivity contribution is 8.16. The molecular formula is C24H33N3O8S. The average Bonchev–Trinajstić information content (AvgIpc) is 3.15. The summed E-state index contributed by atoms with van der Waals surface area (Å²) in [5, 5.41) is 9.59. The molecule has 2 aliphatic rings. The van der Waals surface area contributed by atoms with Crippen LogP contribution in [0.15, 0.2) is 30.6 Å². The third kappa shape index (κ3) is 6.37. The van der Waals surface area contributed by atoms with Crippen LogP contribution in [0.3, 0.4) is 0 Å². The van der Waals surface area contributed by atoms with E-state index in [4.69, 9.17) is 17.8 Å². The molecule has 11 nitrogen and oxygen atoms in total. The molecule has 2 fully saturated rings. The number of amides is 1. The molecule has 1 aromatic carbocycles. The Kier molecular flexibility index (Phi) is 7.62. The summed E-state index contributed by atoms with van der Waals surface area (Å²) in [6.07, 6.45) is 1.49. The number of benzene rings is 1. The van der Waals surface area contributed by atoms with E-state index in [9.17, 15) is 19.0 Å². The first-order chi connectivity index (χ1) is 16.9. The van der Waals surface area contributed by atoms with Crippen molar-refractivity contribution >= 4 is 17.2 Å². The summed E-state index contributed by atoms with van der Waals surface area (Å²) < 4.78 is 40.9. The van der Waals surface area contributed by atoms with Gasteiger partial charge >= 0.3 is 6.09 Å². The van der Waals surface area contributed by atoms with Crippen LogP contribution in [-0.4, -0.2) is 66.6 Å². The molecule has 36 heavy (non-hydrogen) atoms. The van der Waals surface area contributed by atoms with Crippen molar-refractivity contribution in [1.82, 2.24) is 14.9 Å². The first-order valence-electron chi connectivity index (χ1n) is 11.8. The molecule has 3 heterocycles. The van der Waals surface area contributed by atoms with Crippen molar-refractivity contribution in [2.45, 2.75) is 65.2 Å². The monoisotopic (exact) mass is 523 g/mol. The van der Waals surface area contributed by atoms with E-state index in [1.165, 1.54) is 11.2 Å². The summed E-state index contributed by atoms with van der Waals surface area (Å²) in [6, 6.07) is 7.14. The quantitative estimate of drug-likeness (QED) is 0.470. The fourth-order valence-corrected chi connectivity index (χ4v) is 5.31. The molecule has 2 aromatic rings. The molecule has 0 bridgehead atoms. The lowest BCUT2D eigenvalue weighted by atomic mass is 9.80. The van der Waals surface area contributed by atoms with E-state index < -0.39 is 23.3 Å². The summed E-state index contributed by atoms with van der Waals surface area (Å²) in [6.45, 7) is 8.44. The maximum Gasteiger partial charge on any atom is 0.407 e. The number of piperidine rings is 1. The number of carboxylic acid groups (broad SMARTS) is 1. The molecule has 0 saturated carbocycles. The Morgan fingerprint density at radius 3 is 2.50 bits per heavy atom. The van der Waals surface area contributed by atoms with Crippen LogP contribution in [0.25, 0.3) is 0 Å². The number of nitrogens with zero attached hydrogens (tertiary/aromatic N) is 3. The second-order valence-electron chi connectivity index (χ2n) is 10.1. The van der Waals surface area contributed by atoms with Gasteiger partial charge in [0.05, 0.1) is 12.2 Å². The normalized spacial score (nSPS) is 24.8. The Morgan fingerprint density at radius 2 is 1.89 bits per heavy atom. The van der Waals surface area contributed by atoms with E-state index in [2.05, 4.69) is 9.97 Å². The zero-order valence-electron chi connectivity index (χ0n) is 20.8. The Balaban J connectivity index is 1.40. The molecule has 0 spiro atoms. The fraction of sp³-hybridized carbons (Fsp3) is 0.542. The molecule has 4 rings (SSSR count). The topological polar surface area (TPSA) is 144 Å². The number of rotatable bonds is 6. The second kappa shape index (κ2) is 10.4. The first-order valence-corrected chi connectivity index (χ1v) is 13.2. The number of carbonyl (C=O) groups is 1. The lowest BCUT2D eigenvalue weighted by Gasteiger charge is -2.44. The van der Waals surface area contributed by atoms with Gasteiger partial charge in [0.15, 0.2) is 0 Å². The van der Waals surface area contributed by atoms with Crippen LogP contribution in [0, 0.1) is 12.3 Å². The van der Waals surface area contributed by atoms with E-state index in [-0.39, 0.29) is 24.2 Å². The van der Waals surface area contributed by atoms with E-state index in [0.717, 1.165) is 5.56 Å². The zero-order valence-corrected chi connectivity index (χ0v) is 21.6. The molecule has 198 valence electrons. The van der Waals surface area contributed by atoms with Crippen LogP contribution in [0.4, 0.5) is 4.79 Å². The summed E-state index contributed by atoms with van der Waals surface area (Å²) >= 11 is -3.38. The molecule has 2 saturated heterocycles. The maximum absolute atomic E-state index is 11.7. The summed E-state index contributed by atoms with van der Waals surface area (Å²) in [7, 11) is 0. The Morgan fingerprint density at radius 1 is 1.19 bits per heavy atom. The SMILES string of the molecule is Cc1c(Oc2ccc(CC3COS(O)(O)O3)cc2)ncnc1OC1CCN(C(=O)O)C(C(C)(C)C)C1. The predicted molar refractivity (Wildman–Crippen MR) is 132 cm³/mol. The third-order valence-corrected chi connectivity index (χ3v) is 7.31. The third-order valence-electron chi connectivity index (χ3n) is 6.34. The van der Waals surface area contributed by atoms with Crippen molar-refractivity contribution in [3.05, 3.63) is 41.7 Å². The largest absolute Gasteiger partial charge is 0.474 e.